The standard InChI is InChI=1S/C18H32N4S/c1-3-16-9-10-17(23-16)15-21-18(19-4-2)20-11-5-6-12-22-13-7-8-14-22/h9-10H,3-8,11-15H2,1-2H3,(H2,19,20,21). The van der Waals surface area contributed by atoms with E-state index in [9.17, 15) is 0 Å². The molecule has 0 amide bonds. The maximum absolute atomic E-state index is 4.70. The first-order valence-corrected chi connectivity index (χ1v) is 9.95. The number of aliphatic imine (C=N–C) groups is 1. The van der Waals surface area contributed by atoms with Crippen LogP contribution in [0.4, 0.5) is 0 Å². The van der Waals surface area contributed by atoms with Crippen molar-refractivity contribution in [2.75, 3.05) is 32.7 Å². The van der Waals surface area contributed by atoms with Crippen molar-refractivity contribution in [1.29, 1.82) is 0 Å². The Hall–Kier alpha value is -1.07. The van der Waals surface area contributed by atoms with E-state index in [4.69, 9.17) is 4.99 Å². The van der Waals surface area contributed by atoms with Crippen LogP contribution in [0.1, 0.15) is 49.3 Å². The van der Waals surface area contributed by atoms with Crippen LogP contribution in [0.15, 0.2) is 17.1 Å². The summed E-state index contributed by atoms with van der Waals surface area (Å²) in [7, 11) is 0. The third-order valence-electron chi connectivity index (χ3n) is 4.20. The molecule has 0 bridgehead atoms. The van der Waals surface area contributed by atoms with Gasteiger partial charge in [0, 0.05) is 22.8 Å². The lowest BCUT2D eigenvalue weighted by molar-refractivity contribution is 0.330. The summed E-state index contributed by atoms with van der Waals surface area (Å²) in [6, 6.07) is 4.42. The Morgan fingerprint density at radius 2 is 1.91 bits per heavy atom. The zero-order chi connectivity index (χ0) is 16.3. The molecule has 4 nitrogen and oxygen atoms in total. The molecular weight excluding hydrogens is 304 g/mol. The smallest absolute Gasteiger partial charge is 0.191 e. The molecule has 0 aliphatic carbocycles. The molecule has 1 saturated heterocycles. The Morgan fingerprint density at radius 1 is 1.13 bits per heavy atom. The lowest BCUT2D eigenvalue weighted by atomic mass is 10.3. The predicted molar refractivity (Wildman–Crippen MR) is 101 cm³/mol. The van der Waals surface area contributed by atoms with Crippen molar-refractivity contribution in [3.63, 3.8) is 0 Å². The van der Waals surface area contributed by atoms with Gasteiger partial charge in [-0.1, -0.05) is 6.92 Å². The van der Waals surface area contributed by atoms with E-state index >= 15 is 0 Å². The van der Waals surface area contributed by atoms with Gasteiger partial charge in [-0.2, -0.15) is 0 Å². The third kappa shape index (κ3) is 6.92. The maximum atomic E-state index is 4.70. The number of aryl methyl sites for hydroxylation is 1. The van der Waals surface area contributed by atoms with E-state index in [1.807, 2.05) is 11.3 Å². The van der Waals surface area contributed by atoms with Crippen molar-refractivity contribution in [2.45, 2.75) is 52.5 Å². The minimum atomic E-state index is 0.772. The molecule has 2 heterocycles. The highest BCUT2D eigenvalue weighted by Gasteiger charge is 2.10. The van der Waals surface area contributed by atoms with Gasteiger partial charge in [-0.05, 0) is 70.8 Å². The fourth-order valence-corrected chi connectivity index (χ4v) is 3.75. The highest BCUT2D eigenvalue weighted by atomic mass is 32.1. The molecule has 130 valence electrons. The van der Waals surface area contributed by atoms with Crippen LogP contribution in [0.5, 0.6) is 0 Å². The average Bonchev–Trinajstić information content (AvgIpc) is 3.23. The van der Waals surface area contributed by atoms with Gasteiger partial charge < -0.3 is 15.5 Å². The molecule has 0 radical (unpaired) electrons. The summed E-state index contributed by atoms with van der Waals surface area (Å²) in [5, 5.41) is 6.80. The van der Waals surface area contributed by atoms with Crippen molar-refractivity contribution in [3.8, 4) is 0 Å². The zero-order valence-electron chi connectivity index (χ0n) is 14.7. The molecule has 5 heteroatoms. The van der Waals surface area contributed by atoms with Crippen molar-refractivity contribution in [3.05, 3.63) is 21.9 Å². The molecule has 23 heavy (non-hydrogen) atoms. The van der Waals surface area contributed by atoms with Gasteiger partial charge >= 0.3 is 0 Å². The van der Waals surface area contributed by atoms with Gasteiger partial charge in [0.25, 0.3) is 0 Å². The second kappa shape index (κ2) is 10.7. The van der Waals surface area contributed by atoms with Gasteiger partial charge in [-0.3, -0.25) is 0 Å². The summed E-state index contributed by atoms with van der Waals surface area (Å²) in [6.45, 7) is 10.9. The first-order valence-electron chi connectivity index (χ1n) is 9.14. The topological polar surface area (TPSA) is 39.7 Å². The summed E-state index contributed by atoms with van der Waals surface area (Å²) in [5.41, 5.74) is 0. The number of rotatable bonds is 9. The molecule has 1 aromatic rings. The van der Waals surface area contributed by atoms with E-state index < -0.39 is 0 Å². The minimum absolute atomic E-state index is 0.772. The quantitative estimate of drug-likeness (QED) is 0.413. The summed E-state index contributed by atoms with van der Waals surface area (Å²) >= 11 is 1.87. The second-order valence-corrected chi connectivity index (χ2v) is 7.35. The van der Waals surface area contributed by atoms with E-state index in [2.05, 4.69) is 41.5 Å². The van der Waals surface area contributed by atoms with Crippen LogP contribution in [0.25, 0.3) is 0 Å². The van der Waals surface area contributed by atoms with Crippen LogP contribution in [0.2, 0.25) is 0 Å². The molecular formula is C18H32N4S. The number of hydrogen-bond donors (Lipinski definition) is 2. The van der Waals surface area contributed by atoms with Crippen LogP contribution < -0.4 is 10.6 Å². The molecule has 0 saturated carbocycles. The predicted octanol–water partition coefficient (Wildman–Crippen LogP) is 3.24. The van der Waals surface area contributed by atoms with Crippen LogP contribution in [-0.4, -0.2) is 43.6 Å². The van der Waals surface area contributed by atoms with Gasteiger partial charge in [-0.25, -0.2) is 4.99 Å². The Kier molecular flexibility index (Phi) is 8.47. The second-order valence-electron chi connectivity index (χ2n) is 6.10. The minimum Gasteiger partial charge on any atom is -0.357 e. The molecule has 0 unspecified atom stereocenters. The van der Waals surface area contributed by atoms with Gasteiger partial charge in [0.15, 0.2) is 5.96 Å². The van der Waals surface area contributed by atoms with Crippen LogP contribution in [-0.2, 0) is 13.0 Å². The summed E-state index contributed by atoms with van der Waals surface area (Å²) in [4.78, 5) is 10.1. The van der Waals surface area contributed by atoms with E-state index in [0.717, 1.165) is 32.0 Å². The molecule has 2 rings (SSSR count). The SMILES string of the molecule is CCNC(=NCc1ccc(CC)s1)NCCCCN1CCCC1. The fourth-order valence-electron chi connectivity index (χ4n) is 2.87. The molecule has 1 fully saturated rings. The van der Waals surface area contributed by atoms with Gasteiger partial charge in [0.1, 0.15) is 0 Å². The maximum Gasteiger partial charge on any atom is 0.191 e. The monoisotopic (exact) mass is 336 g/mol. The average molecular weight is 337 g/mol. The molecule has 0 aromatic carbocycles. The number of unbranched alkanes of at least 4 members (excludes halogenated alkanes) is 1. The number of thiophene rings is 1. The Morgan fingerprint density at radius 3 is 2.61 bits per heavy atom. The van der Waals surface area contributed by atoms with Crippen molar-refractivity contribution < 1.29 is 0 Å². The molecule has 0 atom stereocenters. The lowest BCUT2D eigenvalue weighted by Crippen LogP contribution is -2.37. The van der Waals surface area contributed by atoms with Gasteiger partial charge in [0.2, 0.25) is 0 Å². The molecule has 2 N–H and O–H groups in total. The highest BCUT2D eigenvalue weighted by Crippen LogP contribution is 2.17. The molecule has 1 aliphatic rings. The number of likely N-dealkylation sites (tertiary alicyclic amines) is 1. The van der Waals surface area contributed by atoms with E-state index in [-0.39, 0.29) is 0 Å². The fraction of sp³-hybridized carbons (Fsp3) is 0.722. The number of hydrogen-bond acceptors (Lipinski definition) is 3. The van der Waals surface area contributed by atoms with Crippen LogP contribution in [0, 0.1) is 0 Å². The van der Waals surface area contributed by atoms with Crippen LogP contribution >= 0.6 is 11.3 Å². The summed E-state index contributed by atoms with van der Waals surface area (Å²) in [6.07, 6.45) is 6.37. The van der Waals surface area contributed by atoms with Crippen LogP contribution in [0.3, 0.4) is 0 Å². The first-order chi connectivity index (χ1) is 11.3. The van der Waals surface area contributed by atoms with E-state index in [0.29, 0.717) is 0 Å². The number of nitrogens with zero attached hydrogens (tertiary/aromatic N) is 2. The van der Waals surface area contributed by atoms with Crippen molar-refractivity contribution in [1.82, 2.24) is 15.5 Å². The van der Waals surface area contributed by atoms with Crippen molar-refractivity contribution >= 4 is 17.3 Å². The van der Waals surface area contributed by atoms with Gasteiger partial charge in [0.05, 0.1) is 6.54 Å². The highest BCUT2D eigenvalue weighted by molar-refractivity contribution is 7.11. The normalized spacial score (nSPS) is 16.0. The zero-order valence-corrected chi connectivity index (χ0v) is 15.6. The Bertz CT molecular complexity index is 463. The Balaban J connectivity index is 1.66. The van der Waals surface area contributed by atoms with E-state index in [1.165, 1.54) is 55.1 Å². The largest absolute Gasteiger partial charge is 0.357 e. The first kappa shape index (κ1) is 18.3. The molecule has 1 aliphatic heterocycles. The van der Waals surface area contributed by atoms with Crippen molar-refractivity contribution in [2.24, 2.45) is 4.99 Å². The number of guanidine groups is 1. The van der Waals surface area contributed by atoms with E-state index in [1.54, 1.807) is 0 Å². The Labute approximate surface area is 145 Å². The third-order valence-corrected chi connectivity index (χ3v) is 5.41. The molecule has 0 spiro atoms. The summed E-state index contributed by atoms with van der Waals surface area (Å²) < 4.78 is 0. The lowest BCUT2D eigenvalue weighted by Gasteiger charge is -2.15. The summed E-state index contributed by atoms with van der Waals surface area (Å²) in [5.74, 6) is 0.945. The molecule has 1 aromatic heterocycles. The number of nitrogens with one attached hydrogen (secondary N) is 2. The van der Waals surface area contributed by atoms with Gasteiger partial charge in [-0.15, -0.1) is 11.3 Å².